The van der Waals surface area contributed by atoms with E-state index in [4.69, 9.17) is 0 Å². The average molecular weight is 361 g/mol. The molecule has 136 valence electrons. The average Bonchev–Trinajstić information content (AvgIpc) is 2.61. The molecular weight excluding hydrogens is 332 g/mol. The monoisotopic (exact) mass is 360 g/mol. The highest BCUT2D eigenvalue weighted by atomic mass is 32.2. The molecule has 0 radical (unpaired) electrons. The molecule has 1 saturated heterocycles. The van der Waals surface area contributed by atoms with Crippen LogP contribution in [0, 0.1) is 17.8 Å². The number of carbonyl (C=O) groups is 2. The van der Waals surface area contributed by atoms with E-state index in [2.05, 4.69) is 24.5 Å². The summed E-state index contributed by atoms with van der Waals surface area (Å²) in [4.78, 5) is 26.0. The molecule has 1 aromatic carbocycles. The van der Waals surface area contributed by atoms with Gasteiger partial charge in [-0.25, -0.2) is 0 Å². The van der Waals surface area contributed by atoms with Gasteiger partial charge in [-0.1, -0.05) is 26.0 Å². The summed E-state index contributed by atoms with van der Waals surface area (Å²) < 4.78 is 0. The van der Waals surface area contributed by atoms with Gasteiger partial charge in [0.05, 0.1) is 5.56 Å². The zero-order chi connectivity index (χ0) is 18.0. The number of amides is 2. The van der Waals surface area contributed by atoms with E-state index in [1.807, 2.05) is 30.5 Å². The van der Waals surface area contributed by atoms with Crippen LogP contribution in [0.5, 0.6) is 0 Å². The van der Waals surface area contributed by atoms with E-state index in [0.29, 0.717) is 11.8 Å². The Labute approximate surface area is 154 Å². The number of rotatable bonds is 4. The Morgan fingerprint density at radius 3 is 2.80 bits per heavy atom. The Hall–Kier alpha value is -1.49. The molecule has 4 nitrogen and oxygen atoms in total. The zero-order valence-electron chi connectivity index (χ0n) is 15.2. The first-order chi connectivity index (χ1) is 12.0. The summed E-state index contributed by atoms with van der Waals surface area (Å²) in [5, 5.41) is 6.42. The highest BCUT2D eigenvalue weighted by Gasteiger charge is 2.43. The van der Waals surface area contributed by atoms with Gasteiger partial charge in [-0.05, 0) is 55.9 Å². The number of thioether (sulfide) groups is 1. The van der Waals surface area contributed by atoms with Crippen molar-refractivity contribution in [3.05, 3.63) is 29.8 Å². The first-order valence-corrected chi connectivity index (χ1v) is 10.5. The van der Waals surface area contributed by atoms with Crippen LogP contribution in [0.15, 0.2) is 29.2 Å². The van der Waals surface area contributed by atoms with Crippen molar-refractivity contribution in [1.29, 1.82) is 0 Å². The lowest BCUT2D eigenvalue weighted by molar-refractivity contribution is -0.133. The van der Waals surface area contributed by atoms with Gasteiger partial charge in [0.25, 0.3) is 5.91 Å². The van der Waals surface area contributed by atoms with Crippen LogP contribution in [0.2, 0.25) is 0 Å². The minimum Gasteiger partial charge on any atom is -0.353 e. The van der Waals surface area contributed by atoms with Crippen molar-refractivity contribution >= 4 is 23.6 Å². The Morgan fingerprint density at radius 2 is 2.08 bits per heavy atom. The van der Waals surface area contributed by atoms with Crippen molar-refractivity contribution in [1.82, 2.24) is 10.6 Å². The second-order valence-corrected chi connectivity index (χ2v) is 8.18. The lowest BCUT2D eigenvalue weighted by atomic mass is 9.67. The zero-order valence-corrected chi connectivity index (χ0v) is 16.1. The molecule has 1 heterocycles. The smallest absolute Gasteiger partial charge is 0.252 e. The number of benzene rings is 1. The van der Waals surface area contributed by atoms with Crippen molar-refractivity contribution in [3.63, 3.8) is 0 Å². The molecule has 1 saturated carbocycles. The molecule has 2 N–H and O–H groups in total. The van der Waals surface area contributed by atoms with Crippen LogP contribution in [0.3, 0.4) is 0 Å². The largest absolute Gasteiger partial charge is 0.353 e. The standard InChI is InChI=1S/C20H28N2O2S/c1-4-14-12(2)15-10-9-13(11-17(15)22-19(14)23)21-20(24)16-7-5-6-8-18(16)25-3/h5-8,12-15,17H,4,9-11H2,1-3H3,(H,21,24)(H,22,23). The molecule has 2 aliphatic rings. The Bertz CT molecular complexity index is 648. The number of hydrogen-bond donors (Lipinski definition) is 2. The second kappa shape index (κ2) is 7.81. The van der Waals surface area contributed by atoms with Crippen molar-refractivity contribution < 1.29 is 9.59 Å². The number of fused-ring (bicyclic) bond motifs is 1. The minimum atomic E-state index is -0.00461. The number of hydrogen-bond acceptors (Lipinski definition) is 3. The lowest BCUT2D eigenvalue weighted by Gasteiger charge is -2.46. The summed E-state index contributed by atoms with van der Waals surface area (Å²) in [6.07, 6.45) is 5.79. The van der Waals surface area contributed by atoms with Gasteiger partial charge in [0, 0.05) is 22.9 Å². The maximum Gasteiger partial charge on any atom is 0.252 e. The first-order valence-electron chi connectivity index (χ1n) is 9.29. The minimum absolute atomic E-state index is 0.00461. The van der Waals surface area contributed by atoms with Crippen LogP contribution in [0.1, 0.15) is 49.9 Å². The summed E-state index contributed by atoms with van der Waals surface area (Å²) in [5.41, 5.74) is 0.740. The summed E-state index contributed by atoms with van der Waals surface area (Å²) in [6, 6.07) is 8.04. The Balaban J connectivity index is 1.65. The molecule has 5 heteroatoms. The fourth-order valence-electron chi connectivity index (χ4n) is 4.60. The van der Waals surface area contributed by atoms with E-state index in [1.54, 1.807) is 11.8 Å². The fourth-order valence-corrected chi connectivity index (χ4v) is 5.20. The molecule has 3 rings (SSSR count). The van der Waals surface area contributed by atoms with Gasteiger partial charge < -0.3 is 10.6 Å². The van der Waals surface area contributed by atoms with Gasteiger partial charge in [0.1, 0.15) is 0 Å². The molecule has 1 aromatic rings. The summed E-state index contributed by atoms with van der Waals surface area (Å²) in [5.74, 6) is 1.29. The molecule has 5 atom stereocenters. The Morgan fingerprint density at radius 1 is 1.32 bits per heavy atom. The van der Waals surface area contributed by atoms with Crippen LogP contribution in [0.4, 0.5) is 0 Å². The molecule has 2 amide bonds. The first kappa shape index (κ1) is 18.3. The fraction of sp³-hybridized carbons (Fsp3) is 0.600. The lowest BCUT2D eigenvalue weighted by Crippen LogP contribution is -2.58. The van der Waals surface area contributed by atoms with E-state index in [9.17, 15) is 9.59 Å². The van der Waals surface area contributed by atoms with Gasteiger partial charge in [-0.3, -0.25) is 9.59 Å². The van der Waals surface area contributed by atoms with E-state index in [1.165, 1.54) is 0 Å². The van der Waals surface area contributed by atoms with Crippen molar-refractivity contribution in [2.45, 2.75) is 56.5 Å². The molecule has 1 aliphatic heterocycles. The van der Waals surface area contributed by atoms with Gasteiger partial charge in [-0.2, -0.15) is 0 Å². The topological polar surface area (TPSA) is 58.2 Å². The van der Waals surface area contributed by atoms with Crippen molar-refractivity contribution in [2.75, 3.05) is 6.26 Å². The SMILES string of the molecule is CCC1C(=O)NC2CC(NC(=O)c3ccccc3SC)CCC2C1C. The van der Waals surface area contributed by atoms with E-state index in [0.717, 1.165) is 36.1 Å². The normalized spacial score (nSPS) is 31.8. The predicted molar refractivity (Wildman–Crippen MR) is 102 cm³/mol. The highest BCUT2D eigenvalue weighted by molar-refractivity contribution is 7.98. The van der Waals surface area contributed by atoms with Gasteiger partial charge >= 0.3 is 0 Å². The van der Waals surface area contributed by atoms with Crippen LogP contribution in [0.25, 0.3) is 0 Å². The van der Waals surface area contributed by atoms with Crippen molar-refractivity contribution in [2.24, 2.45) is 17.8 Å². The second-order valence-electron chi connectivity index (χ2n) is 7.34. The van der Waals surface area contributed by atoms with Crippen LogP contribution >= 0.6 is 11.8 Å². The van der Waals surface area contributed by atoms with Gasteiger partial charge in [-0.15, -0.1) is 11.8 Å². The van der Waals surface area contributed by atoms with E-state index >= 15 is 0 Å². The van der Waals surface area contributed by atoms with Gasteiger partial charge in [0.2, 0.25) is 5.91 Å². The van der Waals surface area contributed by atoms with Crippen LogP contribution in [-0.2, 0) is 4.79 Å². The quantitative estimate of drug-likeness (QED) is 0.809. The third-order valence-corrected chi connectivity index (χ3v) is 6.80. The molecule has 25 heavy (non-hydrogen) atoms. The summed E-state index contributed by atoms with van der Waals surface area (Å²) >= 11 is 1.59. The Kier molecular flexibility index (Phi) is 5.72. The van der Waals surface area contributed by atoms with Crippen LogP contribution < -0.4 is 10.6 Å². The van der Waals surface area contributed by atoms with Gasteiger partial charge in [0.15, 0.2) is 0 Å². The van der Waals surface area contributed by atoms with E-state index < -0.39 is 0 Å². The molecule has 1 aliphatic carbocycles. The van der Waals surface area contributed by atoms with E-state index in [-0.39, 0.29) is 29.8 Å². The number of piperidine rings is 1. The molecule has 0 aromatic heterocycles. The third-order valence-electron chi connectivity index (χ3n) is 6.00. The maximum atomic E-state index is 12.7. The van der Waals surface area contributed by atoms with Crippen LogP contribution in [-0.4, -0.2) is 30.2 Å². The molecular formula is C20H28N2O2S. The summed E-state index contributed by atoms with van der Waals surface area (Å²) in [7, 11) is 0. The van der Waals surface area contributed by atoms with Crippen molar-refractivity contribution in [3.8, 4) is 0 Å². The molecule has 0 bridgehead atoms. The third kappa shape index (κ3) is 3.71. The predicted octanol–water partition coefficient (Wildman–Crippen LogP) is 3.47. The summed E-state index contributed by atoms with van der Waals surface area (Å²) in [6.45, 7) is 4.31. The highest BCUT2D eigenvalue weighted by Crippen LogP contribution is 2.39. The molecule has 0 spiro atoms. The number of carbonyl (C=O) groups excluding carboxylic acids is 2. The number of nitrogens with one attached hydrogen (secondary N) is 2. The maximum absolute atomic E-state index is 12.7. The molecule has 2 fully saturated rings. The molecule has 5 unspecified atom stereocenters.